The fourth-order valence-corrected chi connectivity index (χ4v) is 5.50. The maximum Gasteiger partial charge on any atom is 0.142 e. The summed E-state index contributed by atoms with van der Waals surface area (Å²) in [5.74, 6) is 0.981. The molecule has 0 unspecified atom stereocenters. The van der Waals surface area contributed by atoms with Crippen LogP contribution in [-0.2, 0) is 17.8 Å². The molecule has 1 aliphatic rings. The molecule has 0 aliphatic carbocycles. The van der Waals surface area contributed by atoms with E-state index in [1.807, 2.05) is 6.07 Å². The average molecular weight is 419 g/mol. The van der Waals surface area contributed by atoms with Gasteiger partial charge in [-0.05, 0) is 33.3 Å². The molecular weight excluding hydrogens is 392 g/mol. The molecule has 0 N–H and O–H groups in total. The minimum atomic E-state index is -0.196. The molecule has 4 aromatic rings. The van der Waals surface area contributed by atoms with Crippen LogP contribution >= 0.6 is 11.3 Å². The van der Waals surface area contributed by atoms with Gasteiger partial charge in [0.25, 0.3) is 0 Å². The highest BCUT2D eigenvalue weighted by atomic mass is 32.1. The van der Waals surface area contributed by atoms with Crippen molar-refractivity contribution in [3.63, 3.8) is 0 Å². The van der Waals surface area contributed by atoms with Crippen molar-refractivity contribution in [3.8, 4) is 11.3 Å². The highest BCUT2D eigenvalue weighted by molar-refractivity contribution is 7.25. The Balaban J connectivity index is 1.89. The quantitative estimate of drug-likeness (QED) is 0.431. The summed E-state index contributed by atoms with van der Waals surface area (Å²) >= 11 is 1.74. The molecule has 4 heterocycles. The van der Waals surface area contributed by atoms with E-state index < -0.39 is 0 Å². The number of hydrogen-bond acceptors (Lipinski definition) is 6. The molecule has 5 nitrogen and oxygen atoms in total. The lowest BCUT2D eigenvalue weighted by atomic mass is 9.89. The van der Waals surface area contributed by atoms with Gasteiger partial charge in [0, 0.05) is 30.6 Å². The van der Waals surface area contributed by atoms with Crippen molar-refractivity contribution in [1.82, 2.24) is 15.0 Å². The minimum Gasteiger partial charge on any atom is -0.370 e. The number of hydrogen-bond donors (Lipinski definition) is 0. The van der Waals surface area contributed by atoms with E-state index in [-0.39, 0.29) is 5.60 Å². The van der Waals surface area contributed by atoms with Crippen LogP contribution in [0, 0.1) is 0 Å². The molecule has 1 aliphatic heterocycles. The molecule has 6 heteroatoms. The molecule has 154 valence electrons. The van der Waals surface area contributed by atoms with Gasteiger partial charge in [-0.1, -0.05) is 30.3 Å². The number of ether oxygens (including phenoxy) is 1. The van der Waals surface area contributed by atoms with Crippen LogP contribution in [0.4, 0.5) is 5.82 Å². The van der Waals surface area contributed by atoms with Gasteiger partial charge in [0.2, 0.25) is 0 Å². The summed E-state index contributed by atoms with van der Waals surface area (Å²) in [4.78, 5) is 17.8. The van der Waals surface area contributed by atoms with Crippen LogP contribution in [-0.4, -0.2) is 33.6 Å². The van der Waals surface area contributed by atoms with E-state index in [2.05, 4.69) is 66.8 Å². The molecule has 1 aromatic carbocycles. The number of benzene rings is 1. The highest BCUT2D eigenvalue weighted by Crippen LogP contribution is 2.44. The second kappa shape index (κ2) is 7.29. The summed E-state index contributed by atoms with van der Waals surface area (Å²) in [5, 5.41) is 1.07. The average Bonchev–Trinajstić information content (AvgIpc) is 3.14. The first-order valence-corrected chi connectivity index (χ1v) is 11.4. The molecule has 3 aromatic heterocycles. The Labute approximate surface area is 180 Å². The van der Waals surface area contributed by atoms with Crippen molar-refractivity contribution >= 4 is 37.6 Å². The van der Waals surface area contributed by atoms with Gasteiger partial charge in [-0.15, -0.1) is 11.3 Å². The van der Waals surface area contributed by atoms with Crippen LogP contribution < -0.4 is 4.90 Å². The second-order valence-electron chi connectivity index (χ2n) is 8.34. The van der Waals surface area contributed by atoms with Gasteiger partial charge in [-0.2, -0.15) is 0 Å². The van der Waals surface area contributed by atoms with E-state index >= 15 is 0 Å². The number of nitrogens with zero attached hydrogens (tertiary/aromatic N) is 4. The topological polar surface area (TPSA) is 51.1 Å². The summed E-state index contributed by atoms with van der Waals surface area (Å²) in [5.41, 5.74) is 5.52. The van der Waals surface area contributed by atoms with E-state index in [0.29, 0.717) is 6.61 Å². The van der Waals surface area contributed by atoms with Gasteiger partial charge in [-0.3, -0.25) is 0 Å². The molecular formula is C24H26N4OS. The lowest BCUT2D eigenvalue weighted by Gasteiger charge is -2.33. The summed E-state index contributed by atoms with van der Waals surface area (Å²) in [6.45, 7) is 11.0. The van der Waals surface area contributed by atoms with Crippen LogP contribution in [0.25, 0.3) is 31.7 Å². The predicted molar refractivity (Wildman–Crippen MR) is 124 cm³/mol. The van der Waals surface area contributed by atoms with E-state index in [1.165, 1.54) is 15.8 Å². The minimum absolute atomic E-state index is 0.196. The Morgan fingerprint density at radius 3 is 2.57 bits per heavy atom. The second-order valence-corrected chi connectivity index (χ2v) is 9.34. The Morgan fingerprint density at radius 2 is 1.83 bits per heavy atom. The monoisotopic (exact) mass is 418 g/mol. The number of fused-ring (bicyclic) bond motifs is 5. The maximum atomic E-state index is 6.20. The van der Waals surface area contributed by atoms with Crippen LogP contribution in [0.2, 0.25) is 0 Å². The first kappa shape index (κ1) is 19.4. The van der Waals surface area contributed by atoms with Gasteiger partial charge < -0.3 is 9.64 Å². The molecule has 5 rings (SSSR count). The fraction of sp³-hybridized carbons (Fsp3) is 0.375. The molecule has 0 atom stereocenters. The van der Waals surface area contributed by atoms with Gasteiger partial charge in [-0.25, -0.2) is 15.0 Å². The Kier molecular flexibility index (Phi) is 4.71. The van der Waals surface area contributed by atoms with Gasteiger partial charge in [0.1, 0.15) is 17.0 Å². The first-order chi connectivity index (χ1) is 14.5. The van der Waals surface area contributed by atoms with Crippen molar-refractivity contribution < 1.29 is 4.74 Å². The van der Waals surface area contributed by atoms with Crippen molar-refractivity contribution in [1.29, 1.82) is 0 Å². The fourth-order valence-electron chi connectivity index (χ4n) is 4.36. The zero-order valence-corrected chi connectivity index (χ0v) is 18.7. The summed E-state index contributed by atoms with van der Waals surface area (Å²) < 4.78 is 7.43. The van der Waals surface area contributed by atoms with Gasteiger partial charge in [0.05, 0.1) is 33.5 Å². The third-order valence-corrected chi connectivity index (χ3v) is 7.06. The van der Waals surface area contributed by atoms with Crippen LogP contribution in [0.15, 0.2) is 36.7 Å². The van der Waals surface area contributed by atoms with E-state index in [9.17, 15) is 0 Å². The lowest BCUT2D eigenvalue weighted by Crippen LogP contribution is -2.32. The largest absolute Gasteiger partial charge is 0.370 e. The van der Waals surface area contributed by atoms with E-state index in [1.54, 1.807) is 17.7 Å². The number of pyridine rings is 1. The Hall–Kier alpha value is -2.57. The summed E-state index contributed by atoms with van der Waals surface area (Å²) in [7, 11) is 0. The standard InChI is InChI=1S/C24H26N4OS/c1-5-28(6-2)22-18-20-21(30-23(18)26-14-25-22)16-12-24(3,4)29-13-17(16)19(27-20)15-10-8-7-9-11-15/h7-11,14H,5-6,12-13H2,1-4H3. The normalized spacial score (nSPS) is 15.5. The predicted octanol–water partition coefficient (Wildman–Crippen LogP) is 5.60. The zero-order valence-electron chi connectivity index (χ0n) is 17.9. The van der Waals surface area contributed by atoms with Crippen LogP contribution in [0.5, 0.6) is 0 Å². The number of anilines is 1. The molecule has 0 bridgehead atoms. The Morgan fingerprint density at radius 1 is 1.07 bits per heavy atom. The molecule has 0 saturated heterocycles. The molecule has 0 amide bonds. The van der Waals surface area contributed by atoms with Crippen molar-refractivity contribution in [2.75, 3.05) is 18.0 Å². The number of rotatable bonds is 4. The van der Waals surface area contributed by atoms with Crippen molar-refractivity contribution in [3.05, 3.63) is 47.8 Å². The molecule has 0 radical (unpaired) electrons. The first-order valence-electron chi connectivity index (χ1n) is 10.6. The molecule has 0 fully saturated rings. The SMILES string of the molecule is CCN(CC)c1ncnc2sc3c4c(c(-c5ccccc5)nc3c12)COC(C)(C)C4. The van der Waals surface area contributed by atoms with E-state index in [0.717, 1.165) is 52.3 Å². The van der Waals surface area contributed by atoms with Crippen molar-refractivity contribution in [2.45, 2.75) is 46.3 Å². The highest BCUT2D eigenvalue weighted by Gasteiger charge is 2.32. The Bertz CT molecular complexity index is 1230. The van der Waals surface area contributed by atoms with Gasteiger partial charge >= 0.3 is 0 Å². The van der Waals surface area contributed by atoms with E-state index in [4.69, 9.17) is 9.72 Å². The van der Waals surface area contributed by atoms with Crippen LogP contribution in [0.1, 0.15) is 38.8 Å². The molecule has 0 spiro atoms. The molecule has 0 saturated carbocycles. The number of thiophene rings is 1. The third kappa shape index (κ3) is 3.06. The smallest absolute Gasteiger partial charge is 0.142 e. The maximum absolute atomic E-state index is 6.20. The van der Waals surface area contributed by atoms with Crippen LogP contribution in [0.3, 0.4) is 0 Å². The summed E-state index contributed by atoms with van der Waals surface area (Å²) in [6.07, 6.45) is 2.55. The summed E-state index contributed by atoms with van der Waals surface area (Å²) in [6, 6.07) is 10.4. The number of aromatic nitrogens is 3. The zero-order chi connectivity index (χ0) is 20.9. The molecule has 30 heavy (non-hydrogen) atoms. The van der Waals surface area contributed by atoms with Crippen molar-refractivity contribution in [2.24, 2.45) is 0 Å². The third-order valence-electron chi connectivity index (χ3n) is 5.91. The lowest BCUT2D eigenvalue weighted by molar-refractivity contribution is -0.0394. The van der Waals surface area contributed by atoms with Gasteiger partial charge in [0.15, 0.2) is 0 Å².